The Morgan fingerprint density at radius 1 is 1.36 bits per heavy atom. The summed E-state index contributed by atoms with van der Waals surface area (Å²) in [6, 6.07) is 2.29. The highest BCUT2D eigenvalue weighted by Crippen LogP contribution is 2.39. The molecule has 0 saturated heterocycles. The second-order valence-electron chi connectivity index (χ2n) is 3.72. The maximum absolute atomic E-state index is 13.3. The first-order valence-corrected chi connectivity index (χ1v) is 4.74. The van der Waals surface area contributed by atoms with E-state index in [4.69, 9.17) is 11.6 Å². The van der Waals surface area contributed by atoms with Gasteiger partial charge >= 0.3 is 0 Å². The molecular formula is C10H9ClF2O. The second kappa shape index (κ2) is 3.17. The summed E-state index contributed by atoms with van der Waals surface area (Å²) in [6.45, 7) is 0. The number of rotatable bonds is 2. The van der Waals surface area contributed by atoms with Gasteiger partial charge in [0.2, 0.25) is 0 Å². The quantitative estimate of drug-likeness (QED) is 0.757. The monoisotopic (exact) mass is 218 g/mol. The Bertz CT molecular complexity index is 375. The van der Waals surface area contributed by atoms with Gasteiger partial charge in [0.15, 0.2) is 0 Å². The van der Waals surface area contributed by atoms with E-state index in [2.05, 4.69) is 0 Å². The molecule has 0 aromatic heterocycles. The lowest BCUT2D eigenvalue weighted by molar-refractivity contribution is 0.148. The van der Waals surface area contributed by atoms with Gasteiger partial charge in [0.05, 0.1) is 10.6 Å². The highest BCUT2D eigenvalue weighted by molar-refractivity contribution is 6.30. The maximum atomic E-state index is 13.3. The van der Waals surface area contributed by atoms with Crippen LogP contribution in [0.4, 0.5) is 8.78 Å². The van der Waals surface area contributed by atoms with Gasteiger partial charge in [-0.2, -0.15) is 0 Å². The summed E-state index contributed by atoms with van der Waals surface area (Å²) in [7, 11) is 0. The Morgan fingerprint density at radius 2 is 2.00 bits per heavy atom. The van der Waals surface area contributed by atoms with Crippen LogP contribution in [0, 0.1) is 11.6 Å². The van der Waals surface area contributed by atoms with Gasteiger partial charge in [-0.1, -0.05) is 11.6 Å². The first kappa shape index (κ1) is 9.87. The zero-order chi connectivity index (χ0) is 10.3. The molecule has 0 unspecified atom stereocenters. The summed E-state index contributed by atoms with van der Waals surface area (Å²) in [5, 5.41) is 9.44. The summed E-state index contributed by atoms with van der Waals surface area (Å²) < 4.78 is 26.5. The summed E-state index contributed by atoms with van der Waals surface area (Å²) in [6.07, 6.45) is 1.20. The van der Waals surface area contributed by atoms with Crippen LogP contribution in [0.15, 0.2) is 12.1 Å². The van der Waals surface area contributed by atoms with E-state index < -0.39 is 17.2 Å². The zero-order valence-corrected chi connectivity index (χ0v) is 8.11. The van der Waals surface area contributed by atoms with E-state index in [-0.39, 0.29) is 17.0 Å². The average molecular weight is 219 g/mol. The van der Waals surface area contributed by atoms with Crippen LogP contribution in [-0.4, -0.2) is 10.7 Å². The molecule has 4 heteroatoms. The fourth-order valence-electron chi connectivity index (χ4n) is 1.38. The van der Waals surface area contributed by atoms with Gasteiger partial charge in [0, 0.05) is 12.0 Å². The predicted octanol–water partition coefficient (Wildman–Crippen LogP) is 2.69. The molecule has 0 amide bonds. The minimum atomic E-state index is -0.910. The molecule has 1 nitrogen and oxygen atoms in total. The summed E-state index contributed by atoms with van der Waals surface area (Å²) >= 11 is 5.51. The predicted molar refractivity (Wildman–Crippen MR) is 49.3 cm³/mol. The van der Waals surface area contributed by atoms with Crippen molar-refractivity contribution in [2.75, 3.05) is 0 Å². The molecule has 2 rings (SSSR count). The molecule has 0 aliphatic heterocycles. The number of aliphatic hydroxyl groups is 1. The van der Waals surface area contributed by atoms with Crippen LogP contribution in [0.1, 0.15) is 18.4 Å². The van der Waals surface area contributed by atoms with Crippen LogP contribution in [0.3, 0.4) is 0 Å². The molecule has 1 N–H and O–H groups in total. The number of hydrogen-bond donors (Lipinski definition) is 1. The molecule has 0 spiro atoms. The lowest BCUT2D eigenvalue weighted by Crippen LogP contribution is -2.13. The molecule has 0 radical (unpaired) electrons. The SMILES string of the molecule is OC1(Cc2c(F)ccc(Cl)c2F)CC1. The molecule has 0 atom stereocenters. The van der Waals surface area contributed by atoms with Crippen molar-refractivity contribution >= 4 is 11.6 Å². The Labute approximate surface area is 85.3 Å². The van der Waals surface area contributed by atoms with Crippen molar-refractivity contribution in [3.8, 4) is 0 Å². The molecule has 1 saturated carbocycles. The van der Waals surface area contributed by atoms with Crippen LogP contribution in [0.25, 0.3) is 0 Å². The Balaban J connectivity index is 2.35. The Morgan fingerprint density at radius 3 is 2.57 bits per heavy atom. The fraction of sp³-hybridized carbons (Fsp3) is 0.400. The van der Waals surface area contributed by atoms with Crippen LogP contribution in [-0.2, 0) is 6.42 Å². The van der Waals surface area contributed by atoms with Crippen LogP contribution in [0.5, 0.6) is 0 Å². The number of hydrogen-bond acceptors (Lipinski definition) is 1. The molecular weight excluding hydrogens is 210 g/mol. The van der Waals surface area contributed by atoms with E-state index in [1.54, 1.807) is 0 Å². The van der Waals surface area contributed by atoms with Crippen LogP contribution in [0.2, 0.25) is 5.02 Å². The van der Waals surface area contributed by atoms with Crippen molar-refractivity contribution in [1.29, 1.82) is 0 Å². The highest BCUT2D eigenvalue weighted by atomic mass is 35.5. The van der Waals surface area contributed by atoms with Crippen molar-refractivity contribution in [2.24, 2.45) is 0 Å². The van der Waals surface area contributed by atoms with Gasteiger partial charge < -0.3 is 5.11 Å². The van der Waals surface area contributed by atoms with E-state index in [1.807, 2.05) is 0 Å². The third kappa shape index (κ3) is 1.74. The Kier molecular flexibility index (Phi) is 2.24. The molecule has 14 heavy (non-hydrogen) atoms. The van der Waals surface area contributed by atoms with Gasteiger partial charge in [-0.05, 0) is 25.0 Å². The van der Waals surface area contributed by atoms with Crippen molar-refractivity contribution in [1.82, 2.24) is 0 Å². The summed E-state index contributed by atoms with van der Waals surface area (Å²) in [5.41, 5.74) is -1.02. The lowest BCUT2D eigenvalue weighted by atomic mass is 10.1. The van der Waals surface area contributed by atoms with Crippen molar-refractivity contribution < 1.29 is 13.9 Å². The van der Waals surface area contributed by atoms with E-state index in [1.165, 1.54) is 6.07 Å². The molecule has 0 heterocycles. The van der Waals surface area contributed by atoms with E-state index in [0.29, 0.717) is 12.8 Å². The molecule has 0 bridgehead atoms. The average Bonchev–Trinajstić information content (AvgIpc) is 2.86. The third-order valence-corrected chi connectivity index (χ3v) is 2.76. The van der Waals surface area contributed by atoms with E-state index in [0.717, 1.165) is 6.07 Å². The van der Waals surface area contributed by atoms with Gasteiger partial charge in [-0.3, -0.25) is 0 Å². The topological polar surface area (TPSA) is 20.2 Å². The smallest absolute Gasteiger partial charge is 0.147 e. The largest absolute Gasteiger partial charge is 0.390 e. The molecule has 1 aliphatic rings. The third-order valence-electron chi connectivity index (χ3n) is 2.47. The second-order valence-corrected chi connectivity index (χ2v) is 4.13. The summed E-state index contributed by atoms with van der Waals surface area (Å²) in [5.74, 6) is -1.40. The minimum absolute atomic E-state index is 0.00519. The first-order chi connectivity index (χ1) is 6.52. The minimum Gasteiger partial charge on any atom is -0.390 e. The normalized spacial score (nSPS) is 18.3. The maximum Gasteiger partial charge on any atom is 0.147 e. The van der Waals surface area contributed by atoms with Crippen LogP contribution >= 0.6 is 11.6 Å². The van der Waals surface area contributed by atoms with Crippen molar-refractivity contribution in [2.45, 2.75) is 24.9 Å². The summed E-state index contributed by atoms with van der Waals surface area (Å²) in [4.78, 5) is 0. The molecule has 1 aromatic rings. The van der Waals surface area contributed by atoms with Crippen molar-refractivity contribution in [3.05, 3.63) is 34.4 Å². The van der Waals surface area contributed by atoms with E-state index in [9.17, 15) is 13.9 Å². The highest BCUT2D eigenvalue weighted by Gasteiger charge is 2.41. The molecule has 76 valence electrons. The first-order valence-electron chi connectivity index (χ1n) is 4.37. The van der Waals surface area contributed by atoms with Gasteiger partial charge in [0.1, 0.15) is 11.6 Å². The Hall–Kier alpha value is -0.670. The number of halogens is 3. The van der Waals surface area contributed by atoms with Gasteiger partial charge in [0.25, 0.3) is 0 Å². The van der Waals surface area contributed by atoms with Gasteiger partial charge in [-0.25, -0.2) is 8.78 Å². The van der Waals surface area contributed by atoms with Crippen molar-refractivity contribution in [3.63, 3.8) is 0 Å². The standard InChI is InChI=1S/C10H9ClF2O/c11-7-1-2-8(12)6(9(7)13)5-10(14)3-4-10/h1-2,14H,3-5H2. The fourth-order valence-corrected chi connectivity index (χ4v) is 1.56. The molecule has 1 aromatic carbocycles. The van der Waals surface area contributed by atoms with Gasteiger partial charge in [-0.15, -0.1) is 0 Å². The molecule has 1 fully saturated rings. The van der Waals surface area contributed by atoms with E-state index >= 15 is 0 Å². The zero-order valence-electron chi connectivity index (χ0n) is 7.36. The number of benzene rings is 1. The molecule has 1 aliphatic carbocycles. The lowest BCUT2D eigenvalue weighted by Gasteiger charge is -2.10. The van der Waals surface area contributed by atoms with Crippen LogP contribution < -0.4 is 0 Å².